The molecule has 1 aromatic heterocycles. The zero-order valence-electron chi connectivity index (χ0n) is 21.0. The van der Waals surface area contributed by atoms with Gasteiger partial charge in [-0.25, -0.2) is 19.2 Å². The Morgan fingerprint density at radius 3 is 2.86 bits per heavy atom. The van der Waals surface area contributed by atoms with Crippen molar-refractivity contribution >= 4 is 0 Å². The molecule has 0 spiro atoms. The van der Waals surface area contributed by atoms with Crippen LogP contribution in [0.2, 0.25) is 0 Å². The number of rotatable bonds is 7. The summed E-state index contributed by atoms with van der Waals surface area (Å²) in [4.78, 5) is 12.6. The molecule has 192 valence electrons. The Morgan fingerprint density at radius 1 is 1.26 bits per heavy atom. The van der Waals surface area contributed by atoms with Gasteiger partial charge in [-0.1, -0.05) is 6.92 Å². The standard InChI is InChI=1S/C26H38F2N6O/c1-4-15-10-24(35)20(28)11-19(15)16-5-6-18-22(9-16)31-32-25(18)26-29-21-7-8-34(14-23(21)30-26)13-17(27)12-33(2)3/h10-11,16-18,22,25,31-32,35H,4-9,12-14H2,1-3H3,(H,29,30). The summed E-state index contributed by atoms with van der Waals surface area (Å²) in [7, 11) is 3.80. The van der Waals surface area contributed by atoms with E-state index in [1.807, 2.05) is 25.9 Å². The number of halogens is 2. The van der Waals surface area contributed by atoms with E-state index in [0.717, 1.165) is 67.0 Å². The molecule has 5 unspecified atom stereocenters. The van der Waals surface area contributed by atoms with Crippen molar-refractivity contribution in [2.45, 2.75) is 69.7 Å². The molecule has 2 aromatic rings. The molecule has 0 bridgehead atoms. The lowest BCUT2D eigenvalue weighted by molar-refractivity contribution is 0.151. The number of nitrogens with one attached hydrogen (secondary N) is 3. The highest BCUT2D eigenvalue weighted by Gasteiger charge is 2.43. The Balaban J connectivity index is 1.24. The minimum absolute atomic E-state index is 0.102. The predicted molar refractivity (Wildman–Crippen MR) is 131 cm³/mol. The van der Waals surface area contributed by atoms with Crippen LogP contribution in [-0.4, -0.2) is 70.8 Å². The van der Waals surface area contributed by atoms with E-state index >= 15 is 0 Å². The van der Waals surface area contributed by atoms with E-state index in [2.05, 4.69) is 20.7 Å². The molecule has 35 heavy (non-hydrogen) atoms. The number of aryl methyl sites for hydroxylation is 1. The van der Waals surface area contributed by atoms with Crippen LogP contribution in [0.1, 0.15) is 66.5 Å². The zero-order chi connectivity index (χ0) is 24.7. The fourth-order valence-electron chi connectivity index (χ4n) is 6.33. The molecule has 4 N–H and O–H groups in total. The van der Waals surface area contributed by atoms with E-state index in [4.69, 9.17) is 4.98 Å². The minimum Gasteiger partial charge on any atom is -0.505 e. The van der Waals surface area contributed by atoms with Crippen molar-refractivity contribution in [2.75, 3.05) is 33.7 Å². The van der Waals surface area contributed by atoms with Crippen molar-refractivity contribution in [3.8, 4) is 5.75 Å². The van der Waals surface area contributed by atoms with E-state index in [0.29, 0.717) is 25.6 Å². The Labute approximate surface area is 206 Å². The molecule has 1 saturated carbocycles. The second-order valence-corrected chi connectivity index (χ2v) is 10.8. The van der Waals surface area contributed by atoms with Crippen LogP contribution < -0.4 is 10.9 Å². The van der Waals surface area contributed by atoms with Gasteiger partial charge < -0.3 is 15.0 Å². The maximum absolute atomic E-state index is 14.3. The van der Waals surface area contributed by atoms with Crippen LogP contribution in [-0.2, 0) is 19.4 Å². The normalized spacial score (nSPS) is 27.7. The highest BCUT2D eigenvalue weighted by molar-refractivity contribution is 5.39. The molecule has 2 aliphatic heterocycles. The largest absolute Gasteiger partial charge is 0.505 e. The molecule has 0 radical (unpaired) electrons. The maximum Gasteiger partial charge on any atom is 0.165 e. The quantitative estimate of drug-likeness (QED) is 0.480. The number of aromatic amines is 1. The average Bonchev–Trinajstić information content (AvgIpc) is 3.43. The summed E-state index contributed by atoms with van der Waals surface area (Å²) in [5, 5.41) is 9.80. The maximum atomic E-state index is 14.3. The lowest BCUT2D eigenvalue weighted by Crippen LogP contribution is -2.38. The molecule has 2 fully saturated rings. The minimum atomic E-state index is -0.860. The summed E-state index contributed by atoms with van der Waals surface area (Å²) in [6.45, 7) is 4.47. The number of hydrazine groups is 1. The molecule has 5 rings (SSSR count). The van der Waals surface area contributed by atoms with Crippen molar-refractivity contribution < 1.29 is 13.9 Å². The first-order valence-corrected chi connectivity index (χ1v) is 12.9. The number of nitrogens with zero attached hydrogens (tertiary/aromatic N) is 3. The summed E-state index contributed by atoms with van der Waals surface area (Å²) in [6, 6.07) is 3.50. The van der Waals surface area contributed by atoms with Crippen LogP contribution in [0.4, 0.5) is 8.78 Å². The number of hydrogen-bond donors (Lipinski definition) is 4. The SMILES string of the molecule is CCc1cc(O)c(F)cc1C1CCC2C(C1)NNC2c1nc2c([nH]1)CN(CC(F)CN(C)C)CC2. The van der Waals surface area contributed by atoms with Gasteiger partial charge in [0, 0.05) is 38.6 Å². The van der Waals surface area contributed by atoms with Gasteiger partial charge >= 0.3 is 0 Å². The van der Waals surface area contributed by atoms with Crippen molar-refractivity contribution in [2.24, 2.45) is 5.92 Å². The number of alkyl halides is 1. The summed E-state index contributed by atoms with van der Waals surface area (Å²) in [5.74, 6) is 0.831. The van der Waals surface area contributed by atoms with Gasteiger partial charge in [-0.15, -0.1) is 0 Å². The van der Waals surface area contributed by atoms with E-state index < -0.39 is 12.0 Å². The second-order valence-electron chi connectivity index (χ2n) is 10.8. The highest BCUT2D eigenvalue weighted by atomic mass is 19.1. The monoisotopic (exact) mass is 488 g/mol. The molecule has 1 aromatic carbocycles. The molecule has 1 saturated heterocycles. The van der Waals surface area contributed by atoms with Crippen LogP contribution in [0.5, 0.6) is 5.75 Å². The third-order valence-electron chi connectivity index (χ3n) is 8.03. The number of fused-ring (bicyclic) bond motifs is 2. The Morgan fingerprint density at radius 2 is 2.09 bits per heavy atom. The number of aromatic nitrogens is 2. The predicted octanol–water partition coefficient (Wildman–Crippen LogP) is 3.18. The van der Waals surface area contributed by atoms with Crippen LogP contribution in [0, 0.1) is 11.7 Å². The number of hydrogen-bond acceptors (Lipinski definition) is 6. The van der Waals surface area contributed by atoms with Crippen LogP contribution in [0.25, 0.3) is 0 Å². The number of phenolic OH excluding ortho intramolecular Hbond substituents is 1. The second kappa shape index (κ2) is 10.1. The van der Waals surface area contributed by atoms with Gasteiger partial charge in [0.1, 0.15) is 12.0 Å². The van der Waals surface area contributed by atoms with Gasteiger partial charge in [0.05, 0.1) is 17.4 Å². The van der Waals surface area contributed by atoms with Gasteiger partial charge in [0.15, 0.2) is 11.6 Å². The van der Waals surface area contributed by atoms with E-state index in [1.165, 1.54) is 6.07 Å². The molecular formula is C26H38F2N6O. The van der Waals surface area contributed by atoms with Gasteiger partial charge in [0.2, 0.25) is 0 Å². The van der Waals surface area contributed by atoms with Gasteiger partial charge in [-0.2, -0.15) is 0 Å². The Hall–Kier alpha value is -2.07. The number of benzene rings is 1. The van der Waals surface area contributed by atoms with Crippen molar-refractivity contribution in [3.63, 3.8) is 0 Å². The fourth-order valence-corrected chi connectivity index (χ4v) is 6.33. The van der Waals surface area contributed by atoms with Gasteiger partial charge in [-0.3, -0.25) is 10.3 Å². The first kappa shape index (κ1) is 24.6. The number of imidazole rings is 1. The Bertz CT molecular complexity index is 1040. The summed E-state index contributed by atoms with van der Waals surface area (Å²) in [6.07, 6.45) is 3.66. The third-order valence-corrected chi connectivity index (χ3v) is 8.03. The molecule has 3 aliphatic rings. The molecular weight excluding hydrogens is 450 g/mol. The van der Waals surface area contributed by atoms with Crippen molar-refractivity contribution in [1.82, 2.24) is 30.6 Å². The zero-order valence-corrected chi connectivity index (χ0v) is 21.0. The van der Waals surface area contributed by atoms with Crippen LogP contribution in [0.15, 0.2) is 12.1 Å². The molecule has 3 heterocycles. The number of phenols is 1. The first-order chi connectivity index (χ1) is 16.8. The van der Waals surface area contributed by atoms with Crippen molar-refractivity contribution in [3.05, 3.63) is 46.3 Å². The van der Waals surface area contributed by atoms with E-state index in [9.17, 15) is 13.9 Å². The first-order valence-electron chi connectivity index (χ1n) is 12.9. The van der Waals surface area contributed by atoms with Crippen LogP contribution in [0.3, 0.4) is 0 Å². The molecule has 7 nitrogen and oxygen atoms in total. The molecule has 1 aliphatic carbocycles. The van der Waals surface area contributed by atoms with Crippen LogP contribution >= 0.6 is 0 Å². The van der Waals surface area contributed by atoms with Crippen molar-refractivity contribution in [1.29, 1.82) is 0 Å². The Kier molecular flexibility index (Phi) is 7.12. The molecule has 9 heteroatoms. The summed E-state index contributed by atoms with van der Waals surface area (Å²) in [5.41, 5.74) is 11.2. The average molecular weight is 489 g/mol. The topological polar surface area (TPSA) is 79.4 Å². The highest BCUT2D eigenvalue weighted by Crippen LogP contribution is 2.44. The summed E-state index contributed by atoms with van der Waals surface area (Å²) < 4.78 is 28.5. The number of H-pyrrole nitrogens is 1. The third kappa shape index (κ3) is 5.09. The number of aromatic hydroxyl groups is 1. The van der Waals surface area contributed by atoms with Gasteiger partial charge in [-0.05, 0) is 74.9 Å². The fraction of sp³-hybridized carbons (Fsp3) is 0.654. The summed E-state index contributed by atoms with van der Waals surface area (Å²) >= 11 is 0. The lowest BCUT2D eigenvalue weighted by Gasteiger charge is -2.33. The molecule has 0 amide bonds. The molecule has 5 atom stereocenters. The van der Waals surface area contributed by atoms with E-state index in [1.54, 1.807) is 6.07 Å². The van der Waals surface area contributed by atoms with E-state index in [-0.39, 0.29) is 23.8 Å². The smallest absolute Gasteiger partial charge is 0.165 e. The lowest BCUT2D eigenvalue weighted by atomic mass is 9.73. The van der Waals surface area contributed by atoms with Gasteiger partial charge in [0.25, 0.3) is 0 Å².